The molecule has 1 saturated heterocycles. The van der Waals surface area contributed by atoms with Crippen LogP contribution in [0.4, 0.5) is 0 Å². The summed E-state index contributed by atoms with van der Waals surface area (Å²) in [5, 5.41) is 2.99. The molecule has 0 radical (unpaired) electrons. The van der Waals surface area contributed by atoms with Crippen molar-refractivity contribution in [1.82, 2.24) is 4.98 Å². The summed E-state index contributed by atoms with van der Waals surface area (Å²) in [6.45, 7) is 0.266. The van der Waals surface area contributed by atoms with Crippen molar-refractivity contribution in [3.63, 3.8) is 0 Å². The Hall–Kier alpha value is -2.96. The number of nitroso groups, excluding NO2 is 1. The summed E-state index contributed by atoms with van der Waals surface area (Å²) < 4.78 is 30.8. The van der Waals surface area contributed by atoms with Crippen LogP contribution in [0.5, 0.6) is 0 Å². The van der Waals surface area contributed by atoms with Gasteiger partial charge in [-0.15, -0.1) is 4.91 Å². The van der Waals surface area contributed by atoms with E-state index in [1.54, 1.807) is 6.07 Å². The Morgan fingerprint density at radius 3 is 2.58 bits per heavy atom. The van der Waals surface area contributed by atoms with Crippen LogP contribution in [0.15, 0.2) is 29.7 Å². The maximum absolute atomic E-state index is 12.5. The molecule has 0 amide bonds. The highest BCUT2D eigenvalue weighted by Crippen LogP contribution is 2.27. The van der Waals surface area contributed by atoms with E-state index in [9.17, 15) is 19.3 Å². The van der Waals surface area contributed by atoms with Crippen LogP contribution in [0.25, 0.3) is 0 Å². The summed E-state index contributed by atoms with van der Waals surface area (Å²) in [6, 6.07) is 3.11. The van der Waals surface area contributed by atoms with Gasteiger partial charge in [-0.05, 0) is 17.3 Å². The zero-order valence-corrected chi connectivity index (χ0v) is 18.4. The third kappa shape index (κ3) is 9.60. The normalized spacial score (nSPS) is 15.8. The molecule has 0 bridgehead atoms. The second-order valence-electron chi connectivity index (χ2n) is 7.26. The molecule has 1 aromatic rings. The number of pyridine rings is 1. The molecule has 1 atom stereocenters. The van der Waals surface area contributed by atoms with Crippen LogP contribution in [0, 0.1) is 10.8 Å². The van der Waals surface area contributed by atoms with Crippen molar-refractivity contribution in [2.75, 3.05) is 53.4 Å². The van der Waals surface area contributed by atoms with Crippen molar-refractivity contribution in [1.29, 1.82) is 0 Å². The lowest BCUT2D eigenvalue weighted by Gasteiger charge is -2.30. The van der Waals surface area contributed by atoms with E-state index >= 15 is 0 Å². The van der Waals surface area contributed by atoms with Gasteiger partial charge in [0.2, 0.25) is 5.72 Å². The van der Waals surface area contributed by atoms with Crippen molar-refractivity contribution in [2.24, 2.45) is 11.1 Å². The van der Waals surface area contributed by atoms with E-state index in [1.165, 1.54) is 25.6 Å². The number of aromatic nitrogens is 1. The zero-order chi connectivity index (χ0) is 23.9. The van der Waals surface area contributed by atoms with Gasteiger partial charge in [0.15, 0.2) is 0 Å². The number of rotatable bonds is 14. The molecule has 33 heavy (non-hydrogen) atoms. The zero-order valence-electron chi connectivity index (χ0n) is 18.4. The van der Waals surface area contributed by atoms with Crippen LogP contribution in [0.1, 0.15) is 29.6 Å². The predicted molar refractivity (Wildman–Crippen MR) is 111 cm³/mol. The molecule has 1 unspecified atom stereocenters. The molecule has 1 aliphatic heterocycles. The van der Waals surface area contributed by atoms with E-state index in [2.05, 4.69) is 10.2 Å². The van der Waals surface area contributed by atoms with E-state index in [0.29, 0.717) is 6.61 Å². The Labute approximate surface area is 190 Å². The number of esters is 3. The summed E-state index contributed by atoms with van der Waals surface area (Å²) in [7, 11) is 1.50. The van der Waals surface area contributed by atoms with Crippen molar-refractivity contribution in [3.8, 4) is 0 Å². The molecular weight excluding hydrogens is 440 g/mol. The first-order chi connectivity index (χ1) is 16.0. The fourth-order valence-electron chi connectivity index (χ4n) is 2.87. The molecule has 2 rings (SSSR count). The standard InChI is InChI=1S/C21H28N2O10/c1-28-9-10-30-15-19(25)31-13-16(14-32-20(26)17-3-2-6-22-12-17)11-18(24)33-21(23-27)4-7-29-8-5-21/h2-3,6,12,16H,4-5,7-11,13-15H2,1H3. The first-order valence-corrected chi connectivity index (χ1v) is 10.4. The number of hydrogen-bond acceptors (Lipinski definition) is 12. The Morgan fingerprint density at radius 2 is 1.91 bits per heavy atom. The molecule has 1 aromatic heterocycles. The van der Waals surface area contributed by atoms with E-state index < -0.39 is 29.6 Å². The number of nitrogens with zero attached hydrogens (tertiary/aromatic N) is 2. The lowest BCUT2D eigenvalue weighted by atomic mass is 10.0. The van der Waals surface area contributed by atoms with Gasteiger partial charge in [0.05, 0.1) is 51.6 Å². The van der Waals surface area contributed by atoms with Crippen LogP contribution < -0.4 is 0 Å². The van der Waals surface area contributed by atoms with Gasteiger partial charge in [0.25, 0.3) is 0 Å². The van der Waals surface area contributed by atoms with E-state index in [4.69, 9.17) is 28.4 Å². The minimum atomic E-state index is -1.49. The molecule has 0 aromatic carbocycles. The van der Waals surface area contributed by atoms with Crippen LogP contribution in [-0.2, 0) is 38.0 Å². The fraction of sp³-hybridized carbons (Fsp3) is 0.619. The third-order valence-electron chi connectivity index (χ3n) is 4.68. The Bertz CT molecular complexity index is 768. The highest BCUT2D eigenvalue weighted by Gasteiger charge is 2.38. The molecule has 1 fully saturated rings. The fourth-order valence-corrected chi connectivity index (χ4v) is 2.87. The quantitative estimate of drug-likeness (QED) is 0.168. The van der Waals surface area contributed by atoms with Gasteiger partial charge in [0, 0.05) is 38.3 Å². The highest BCUT2D eigenvalue weighted by molar-refractivity contribution is 5.88. The van der Waals surface area contributed by atoms with Gasteiger partial charge in [-0.25, -0.2) is 9.59 Å². The maximum atomic E-state index is 12.5. The minimum Gasteiger partial charge on any atom is -0.464 e. The second-order valence-corrected chi connectivity index (χ2v) is 7.26. The first-order valence-electron chi connectivity index (χ1n) is 10.4. The summed E-state index contributed by atoms with van der Waals surface area (Å²) in [5.41, 5.74) is -1.26. The molecule has 0 N–H and O–H groups in total. The van der Waals surface area contributed by atoms with Crippen molar-refractivity contribution in [2.45, 2.75) is 25.0 Å². The first kappa shape index (κ1) is 26.3. The second kappa shape index (κ2) is 14.2. The SMILES string of the molecule is COCCOCC(=O)OCC(COC(=O)c1cccnc1)CC(=O)OC1(N=O)CCOCC1. The summed E-state index contributed by atoms with van der Waals surface area (Å²) in [4.78, 5) is 51.7. The van der Waals surface area contributed by atoms with E-state index in [1.807, 2.05) is 0 Å². The Kier molecular flexibility index (Phi) is 11.3. The molecular formula is C21H28N2O10. The van der Waals surface area contributed by atoms with E-state index in [-0.39, 0.29) is 64.5 Å². The van der Waals surface area contributed by atoms with Crippen molar-refractivity contribution >= 4 is 17.9 Å². The Morgan fingerprint density at radius 1 is 1.15 bits per heavy atom. The van der Waals surface area contributed by atoms with Gasteiger partial charge < -0.3 is 28.4 Å². The summed E-state index contributed by atoms with van der Waals surface area (Å²) in [5.74, 6) is -2.75. The van der Waals surface area contributed by atoms with Gasteiger partial charge in [0.1, 0.15) is 6.61 Å². The van der Waals surface area contributed by atoms with Gasteiger partial charge in [-0.2, -0.15) is 0 Å². The topological polar surface area (TPSA) is 149 Å². The average Bonchev–Trinajstić information content (AvgIpc) is 2.84. The summed E-state index contributed by atoms with van der Waals surface area (Å²) in [6.07, 6.45) is 2.88. The molecule has 12 nitrogen and oxygen atoms in total. The van der Waals surface area contributed by atoms with Gasteiger partial charge >= 0.3 is 17.9 Å². The number of hydrogen-bond donors (Lipinski definition) is 0. The molecule has 0 spiro atoms. The highest BCUT2D eigenvalue weighted by atomic mass is 16.6. The van der Waals surface area contributed by atoms with E-state index in [0.717, 1.165) is 0 Å². The number of carbonyl (C=O) groups is 3. The predicted octanol–water partition coefficient (Wildman–Crippen LogP) is 1.27. The Balaban J connectivity index is 1.92. The maximum Gasteiger partial charge on any atom is 0.339 e. The number of ether oxygens (including phenoxy) is 6. The third-order valence-corrected chi connectivity index (χ3v) is 4.68. The number of methoxy groups -OCH3 is 1. The molecule has 0 aliphatic carbocycles. The van der Waals surface area contributed by atoms with Crippen molar-refractivity contribution in [3.05, 3.63) is 35.0 Å². The van der Waals surface area contributed by atoms with Gasteiger partial charge in [-0.3, -0.25) is 9.78 Å². The summed E-state index contributed by atoms with van der Waals surface area (Å²) >= 11 is 0. The molecule has 0 saturated carbocycles. The monoisotopic (exact) mass is 468 g/mol. The lowest BCUT2D eigenvalue weighted by molar-refractivity contribution is -0.171. The molecule has 12 heteroatoms. The van der Waals surface area contributed by atoms with Crippen molar-refractivity contribution < 1.29 is 42.8 Å². The van der Waals surface area contributed by atoms with Crippen LogP contribution >= 0.6 is 0 Å². The molecule has 182 valence electrons. The largest absolute Gasteiger partial charge is 0.464 e. The lowest BCUT2D eigenvalue weighted by Crippen LogP contribution is -2.39. The van der Waals surface area contributed by atoms with Crippen LogP contribution in [0.3, 0.4) is 0 Å². The molecule has 1 aliphatic rings. The van der Waals surface area contributed by atoms with Crippen LogP contribution in [0.2, 0.25) is 0 Å². The minimum absolute atomic E-state index is 0.150. The molecule has 2 heterocycles. The van der Waals surface area contributed by atoms with Crippen LogP contribution in [-0.4, -0.2) is 82.0 Å². The smallest absolute Gasteiger partial charge is 0.339 e. The average molecular weight is 468 g/mol. The van der Waals surface area contributed by atoms with Gasteiger partial charge in [-0.1, -0.05) is 0 Å². The number of carbonyl (C=O) groups excluding carboxylic acids is 3.